The van der Waals surface area contributed by atoms with Crippen molar-refractivity contribution < 1.29 is 14.3 Å². The molecule has 0 aromatic heterocycles. The van der Waals surface area contributed by atoms with Gasteiger partial charge in [-0.15, -0.1) is 0 Å². The van der Waals surface area contributed by atoms with Crippen LogP contribution in [0, 0.1) is 34.5 Å². The summed E-state index contributed by atoms with van der Waals surface area (Å²) in [5.74, 6) is 2.40. The fourth-order valence-electron chi connectivity index (χ4n) is 7.70. The normalized spacial score (nSPS) is 49.3. The number of hydrogen-bond donors (Lipinski definition) is 0. The van der Waals surface area contributed by atoms with Crippen molar-refractivity contribution in [1.82, 2.24) is 0 Å². The zero-order valence-corrected chi connectivity index (χ0v) is 18.3. The van der Waals surface area contributed by atoms with E-state index in [1.165, 1.54) is 36.8 Å². The smallest absolute Gasteiger partial charge is 0.178 e. The monoisotopic (exact) mass is 396 g/mol. The predicted molar refractivity (Wildman–Crippen MR) is 114 cm³/mol. The third kappa shape index (κ3) is 2.87. The quantitative estimate of drug-likeness (QED) is 0.608. The van der Waals surface area contributed by atoms with Crippen molar-refractivity contribution in [2.24, 2.45) is 34.5 Å². The molecule has 8 atom stereocenters. The van der Waals surface area contributed by atoms with Gasteiger partial charge >= 0.3 is 0 Å². The summed E-state index contributed by atoms with van der Waals surface area (Å²) in [6.45, 7) is 12.5. The second kappa shape index (κ2) is 6.92. The van der Waals surface area contributed by atoms with Gasteiger partial charge in [-0.3, -0.25) is 4.79 Å². The summed E-state index contributed by atoms with van der Waals surface area (Å²) in [6.07, 6.45) is 14.4. The Morgan fingerprint density at radius 3 is 2.72 bits per heavy atom. The van der Waals surface area contributed by atoms with Gasteiger partial charge in [0.2, 0.25) is 0 Å². The van der Waals surface area contributed by atoms with Crippen molar-refractivity contribution in [2.45, 2.75) is 78.1 Å². The van der Waals surface area contributed by atoms with Gasteiger partial charge in [-0.2, -0.15) is 0 Å². The highest BCUT2D eigenvalue weighted by Gasteiger charge is 2.61. The van der Waals surface area contributed by atoms with Gasteiger partial charge in [0.1, 0.15) is 0 Å². The van der Waals surface area contributed by atoms with E-state index in [0.717, 1.165) is 25.9 Å². The largest absolute Gasteiger partial charge is 0.353 e. The number of allylic oxidation sites excluding steroid dienone is 5. The molecule has 5 aliphatic rings. The van der Waals surface area contributed by atoms with Gasteiger partial charge < -0.3 is 9.47 Å². The highest BCUT2D eigenvalue weighted by molar-refractivity contribution is 6.02. The Morgan fingerprint density at radius 1 is 1.14 bits per heavy atom. The maximum atomic E-state index is 12.1. The number of fused-ring (bicyclic) bond motifs is 5. The Bertz CT molecular complexity index is 773. The van der Waals surface area contributed by atoms with Gasteiger partial charge in [0.05, 0.1) is 6.10 Å². The van der Waals surface area contributed by atoms with Crippen LogP contribution in [0.2, 0.25) is 0 Å². The molecule has 29 heavy (non-hydrogen) atoms. The van der Waals surface area contributed by atoms with E-state index in [1.54, 1.807) is 6.08 Å². The van der Waals surface area contributed by atoms with Gasteiger partial charge in [0.15, 0.2) is 12.1 Å². The van der Waals surface area contributed by atoms with Crippen molar-refractivity contribution in [3.05, 3.63) is 36.0 Å². The van der Waals surface area contributed by atoms with Crippen LogP contribution in [0.4, 0.5) is 0 Å². The van der Waals surface area contributed by atoms with Gasteiger partial charge in [-0.05, 0) is 97.3 Å². The first-order valence-electron chi connectivity index (χ1n) is 11.8. The van der Waals surface area contributed by atoms with E-state index in [2.05, 4.69) is 33.4 Å². The van der Waals surface area contributed by atoms with Crippen molar-refractivity contribution in [2.75, 3.05) is 6.61 Å². The Balaban J connectivity index is 1.44. The Labute approximate surface area is 175 Å². The molecular formula is C26H36O3. The van der Waals surface area contributed by atoms with Crippen molar-refractivity contribution >= 4 is 5.78 Å². The fraction of sp³-hybridized carbons (Fsp3) is 0.731. The van der Waals surface area contributed by atoms with Gasteiger partial charge in [0.25, 0.3) is 0 Å². The lowest BCUT2D eigenvalue weighted by molar-refractivity contribution is -0.216. The van der Waals surface area contributed by atoms with Crippen LogP contribution in [0.3, 0.4) is 0 Å². The molecule has 3 saturated carbocycles. The zero-order chi connectivity index (χ0) is 20.4. The number of carbonyl (C=O) groups is 1. The lowest BCUT2D eigenvalue weighted by Crippen LogP contribution is -2.54. The standard InChI is InChI=1S/C26H36O3/c1-16-17(2)24-19-8-9-22(29-23-7-5-6-14-28-23)26(19,4)13-11-20(24)25(3)12-10-18(27)15-21(16)25/h10,12,15,17,19-20,22-24H,1,5-9,11,13-14H2,2-4H3/t17?,19-,20-,22-,23?,24-,25+,26-/m0/s1. The summed E-state index contributed by atoms with van der Waals surface area (Å²) in [4.78, 5) is 12.1. The van der Waals surface area contributed by atoms with E-state index < -0.39 is 0 Å². The number of ether oxygens (including phenoxy) is 2. The summed E-state index contributed by atoms with van der Waals surface area (Å²) in [7, 11) is 0. The molecule has 0 radical (unpaired) electrons. The Kier molecular flexibility index (Phi) is 4.71. The van der Waals surface area contributed by atoms with E-state index in [9.17, 15) is 4.79 Å². The van der Waals surface area contributed by atoms with E-state index in [-0.39, 0.29) is 22.9 Å². The van der Waals surface area contributed by atoms with E-state index in [0.29, 0.717) is 29.8 Å². The molecule has 158 valence electrons. The molecule has 1 aliphatic heterocycles. The molecule has 0 amide bonds. The molecule has 0 aromatic carbocycles. The minimum absolute atomic E-state index is 0.000126. The van der Waals surface area contributed by atoms with Gasteiger partial charge in [0, 0.05) is 12.0 Å². The maximum absolute atomic E-state index is 12.1. The number of ketones is 1. The molecule has 3 nitrogen and oxygen atoms in total. The lowest BCUT2D eigenvalue weighted by Gasteiger charge is -2.59. The summed E-state index contributed by atoms with van der Waals surface area (Å²) in [5, 5.41) is 0. The van der Waals surface area contributed by atoms with Crippen molar-refractivity contribution in [3.8, 4) is 0 Å². The number of carbonyl (C=O) groups excluding carboxylic acids is 1. The van der Waals surface area contributed by atoms with E-state index >= 15 is 0 Å². The van der Waals surface area contributed by atoms with E-state index in [1.807, 2.05) is 6.08 Å². The minimum Gasteiger partial charge on any atom is -0.353 e. The average Bonchev–Trinajstić information content (AvgIpc) is 3.04. The Hall–Kier alpha value is -1.19. The molecule has 4 fully saturated rings. The van der Waals surface area contributed by atoms with Crippen molar-refractivity contribution in [3.63, 3.8) is 0 Å². The molecule has 0 spiro atoms. The first-order chi connectivity index (χ1) is 13.8. The summed E-state index contributed by atoms with van der Waals surface area (Å²) < 4.78 is 12.5. The first kappa shape index (κ1) is 19.8. The number of rotatable bonds is 2. The molecule has 5 rings (SSSR count). The molecular weight excluding hydrogens is 360 g/mol. The summed E-state index contributed by atoms with van der Waals surface area (Å²) in [5.41, 5.74) is 2.57. The molecule has 2 unspecified atom stereocenters. The molecule has 3 heteroatoms. The van der Waals surface area contributed by atoms with Gasteiger partial charge in [-0.1, -0.05) is 33.4 Å². The topological polar surface area (TPSA) is 35.5 Å². The third-order valence-electron chi connectivity index (χ3n) is 9.40. The SMILES string of the molecule is C=C1C2=CC(=O)C=C[C@]2(C)[C@H]2CC[C@]3(C)[C@@H](OC4CCCCO4)CC[C@H]3[C@@H]2C1C. The maximum Gasteiger partial charge on any atom is 0.178 e. The second-order valence-electron chi connectivity index (χ2n) is 10.7. The van der Waals surface area contributed by atoms with Crippen LogP contribution in [-0.4, -0.2) is 24.8 Å². The molecule has 1 heterocycles. The number of hydrogen-bond acceptors (Lipinski definition) is 3. The molecule has 0 N–H and O–H groups in total. The van der Waals surface area contributed by atoms with Crippen LogP contribution in [-0.2, 0) is 14.3 Å². The van der Waals surface area contributed by atoms with Gasteiger partial charge in [-0.25, -0.2) is 0 Å². The molecule has 0 bridgehead atoms. The van der Waals surface area contributed by atoms with Crippen LogP contribution < -0.4 is 0 Å². The predicted octanol–water partition coefficient (Wildman–Crippen LogP) is 5.62. The molecule has 4 aliphatic carbocycles. The van der Waals surface area contributed by atoms with Crippen molar-refractivity contribution in [1.29, 1.82) is 0 Å². The lowest BCUT2D eigenvalue weighted by atomic mass is 9.45. The van der Waals surface area contributed by atoms with Crippen LogP contribution >= 0.6 is 0 Å². The molecule has 0 aromatic rings. The van der Waals surface area contributed by atoms with Crippen LogP contribution in [0.25, 0.3) is 0 Å². The minimum atomic E-state index is -0.0467. The fourth-order valence-corrected chi connectivity index (χ4v) is 7.70. The average molecular weight is 397 g/mol. The molecule has 1 saturated heterocycles. The highest BCUT2D eigenvalue weighted by atomic mass is 16.7. The highest BCUT2D eigenvalue weighted by Crippen LogP contribution is 2.67. The van der Waals surface area contributed by atoms with E-state index in [4.69, 9.17) is 9.47 Å². The Morgan fingerprint density at radius 2 is 1.97 bits per heavy atom. The summed E-state index contributed by atoms with van der Waals surface area (Å²) in [6, 6.07) is 0. The summed E-state index contributed by atoms with van der Waals surface area (Å²) >= 11 is 0. The third-order valence-corrected chi connectivity index (χ3v) is 9.40. The first-order valence-corrected chi connectivity index (χ1v) is 11.8. The second-order valence-corrected chi connectivity index (χ2v) is 10.7. The van der Waals surface area contributed by atoms with Crippen LogP contribution in [0.5, 0.6) is 0 Å². The van der Waals surface area contributed by atoms with Crippen LogP contribution in [0.15, 0.2) is 36.0 Å². The zero-order valence-electron chi connectivity index (χ0n) is 18.3. The van der Waals surface area contributed by atoms with Crippen LogP contribution in [0.1, 0.15) is 65.7 Å².